The summed E-state index contributed by atoms with van der Waals surface area (Å²) in [6, 6.07) is 9.62. The first-order valence-corrected chi connectivity index (χ1v) is 7.54. The van der Waals surface area contributed by atoms with E-state index < -0.39 is 11.0 Å². The number of nitriles is 1. The maximum Gasteiger partial charge on any atom is 0.318 e. The minimum atomic E-state index is -3.05. The van der Waals surface area contributed by atoms with E-state index in [1.165, 1.54) is 11.8 Å². The SMILES string of the molecule is Cc1ccccc1/C(C#N)=C1\C=CS\C1=N/O[SH](=O)=O. The fourth-order valence-electron chi connectivity index (χ4n) is 1.75. The van der Waals surface area contributed by atoms with Crippen molar-refractivity contribution in [2.45, 2.75) is 6.92 Å². The first kappa shape index (κ1) is 14.4. The lowest BCUT2D eigenvalue weighted by Crippen LogP contribution is -1.98. The van der Waals surface area contributed by atoms with Crippen LogP contribution in [0.5, 0.6) is 0 Å². The number of allylic oxidation sites excluding steroid dienone is 2. The van der Waals surface area contributed by atoms with E-state index >= 15 is 0 Å². The Hall–Kier alpha value is -2.04. The second-order valence-corrected chi connectivity index (χ2v) is 5.34. The summed E-state index contributed by atoms with van der Waals surface area (Å²) in [6.45, 7) is 1.90. The summed E-state index contributed by atoms with van der Waals surface area (Å²) in [7, 11) is -3.05. The number of hydrogen-bond donors (Lipinski definition) is 1. The fraction of sp³-hybridized carbons (Fsp3) is 0.0769. The highest BCUT2D eigenvalue weighted by Crippen LogP contribution is 2.31. The Bertz CT molecular complexity index is 732. The first-order chi connectivity index (χ1) is 9.63. The average Bonchev–Trinajstić information content (AvgIpc) is 2.88. The molecule has 5 nitrogen and oxygen atoms in total. The van der Waals surface area contributed by atoms with Crippen LogP contribution in [0.1, 0.15) is 11.1 Å². The molecule has 0 saturated heterocycles. The van der Waals surface area contributed by atoms with E-state index in [0.29, 0.717) is 16.2 Å². The Kier molecular flexibility index (Phi) is 4.61. The van der Waals surface area contributed by atoms with Gasteiger partial charge in [0.15, 0.2) is 0 Å². The number of benzene rings is 1. The third-order valence-electron chi connectivity index (χ3n) is 2.63. The maximum atomic E-state index is 10.4. The van der Waals surface area contributed by atoms with Gasteiger partial charge in [0.25, 0.3) is 0 Å². The predicted molar refractivity (Wildman–Crippen MR) is 79.3 cm³/mol. The van der Waals surface area contributed by atoms with Gasteiger partial charge in [0.2, 0.25) is 0 Å². The summed E-state index contributed by atoms with van der Waals surface area (Å²) < 4.78 is 25.1. The van der Waals surface area contributed by atoms with Crippen LogP contribution in [0.15, 0.2) is 46.5 Å². The van der Waals surface area contributed by atoms with Crippen molar-refractivity contribution in [3.8, 4) is 6.07 Å². The van der Waals surface area contributed by atoms with Crippen LogP contribution in [0.25, 0.3) is 5.57 Å². The summed E-state index contributed by atoms with van der Waals surface area (Å²) in [4.78, 5) is 0. The summed E-state index contributed by atoms with van der Waals surface area (Å²) in [5.74, 6) is 0. The zero-order valence-corrected chi connectivity index (χ0v) is 12.1. The molecule has 1 aromatic carbocycles. The molecule has 0 atom stereocenters. The van der Waals surface area contributed by atoms with Gasteiger partial charge in [0, 0.05) is 5.57 Å². The molecule has 0 unspecified atom stereocenters. The molecular weight excluding hydrogens is 296 g/mol. The number of rotatable bonds is 3. The number of thioether (sulfide) groups is 1. The molecule has 1 aromatic rings. The van der Waals surface area contributed by atoms with Crippen LogP contribution in [0.4, 0.5) is 0 Å². The van der Waals surface area contributed by atoms with Gasteiger partial charge in [-0.25, -0.2) is 0 Å². The molecular formula is C13H10N2O3S2. The van der Waals surface area contributed by atoms with Crippen LogP contribution >= 0.6 is 11.8 Å². The van der Waals surface area contributed by atoms with Crippen molar-refractivity contribution >= 4 is 33.4 Å². The van der Waals surface area contributed by atoms with Crippen molar-refractivity contribution < 1.29 is 12.7 Å². The lowest BCUT2D eigenvalue weighted by Gasteiger charge is -2.06. The Morgan fingerprint density at radius 1 is 1.40 bits per heavy atom. The highest BCUT2D eigenvalue weighted by Gasteiger charge is 2.19. The molecule has 102 valence electrons. The quantitative estimate of drug-likeness (QED) is 0.527. The van der Waals surface area contributed by atoms with Gasteiger partial charge in [-0.15, -0.1) is 0 Å². The fourth-order valence-corrected chi connectivity index (χ4v) is 2.67. The number of oxime groups is 1. The summed E-state index contributed by atoms with van der Waals surface area (Å²) in [5.41, 5.74) is 2.74. The van der Waals surface area contributed by atoms with E-state index in [4.69, 9.17) is 0 Å². The Morgan fingerprint density at radius 3 is 2.80 bits per heavy atom. The lowest BCUT2D eigenvalue weighted by atomic mass is 9.97. The van der Waals surface area contributed by atoms with Crippen LogP contribution in [0, 0.1) is 18.3 Å². The van der Waals surface area contributed by atoms with E-state index in [0.717, 1.165) is 11.1 Å². The van der Waals surface area contributed by atoms with E-state index in [1.807, 2.05) is 31.2 Å². The minimum Gasteiger partial charge on any atom is -0.269 e. The van der Waals surface area contributed by atoms with Gasteiger partial charge in [-0.3, -0.25) is 4.28 Å². The van der Waals surface area contributed by atoms with Gasteiger partial charge < -0.3 is 0 Å². The van der Waals surface area contributed by atoms with Crippen LogP contribution in [-0.2, 0) is 15.3 Å². The Labute approximate surface area is 122 Å². The van der Waals surface area contributed by atoms with Gasteiger partial charge in [-0.05, 0) is 29.5 Å². The molecule has 20 heavy (non-hydrogen) atoms. The summed E-state index contributed by atoms with van der Waals surface area (Å²) in [6.07, 6.45) is 1.72. The third-order valence-corrected chi connectivity index (χ3v) is 3.64. The normalized spacial score (nSPS) is 18.4. The summed E-state index contributed by atoms with van der Waals surface area (Å²) >= 11 is 1.20. The molecule has 0 amide bonds. The zero-order valence-electron chi connectivity index (χ0n) is 10.4. The van der Waals surface area contributed by atoms with Crippen LogP contribution in [0.2, 0.25) is 0 Å². The van der Waals surface area contributed by atoms with Gasteiger partial charge in [0.1, 0.15) is 11.1 Å². The second-order valence-electron chi connectivity index (χ2n) is 3.84. The van der Waals surface area contributed by atoms with Gasteiger partial charge in [0.05, 0.1) is 5.57 Å². The average molecular weight is 306 g/mol. The molecule has 2 rings (SSSR count). The molecule has 0 bridgehead atoms. The Balaban J connectivity index is 2.53. The first-order valence-electron chi connectivity index (χ1n) is 5.57. The third kappa shape index (κ3) is 3.10. The molecule has 1 aliphatic rings. The monoisotopic (exact) mass is 306 g/mol. The Morgan fingerprint density at radius 2 is 2.15 bits per heavy atom. The number of nitrogens with zero attached hydrogens (tertiary/aromatic N) is 2. The van der Waals surface area contributed by atoms with Gasteiger partial charge >= 0.3 is 11.0 Å². The lowest BCUT2D eigenvalue weighted by molar-refractivity contribution is 0.357. The number of hydrogen-bond acceptors (Lipinski definition) is 6. The van der Waals surface area contributed by atoms with Crippen molar-refractivity contribution in [3.05, 3.63) is 52.4 Å². The molecule has 7 heteroatoms. The number of thiol groups is 1. The van der Waals surface area contributed by atoms with Crippen LogP contribution in [0.3, 0.4) is 0 Å². The maximum absolute atomic E-state index is 10.4. The van der Waals surface area contributed by atoms with Crippen LogP contribution < -0.4 is 0 Å². The molecule has 0 saturated carbocycles. The van der Waals surface area contributed by atoms with Crippen molar-refractivity contribution in [1.82, 2.24) is 0 Å². The molecule has 1 aliphatic heterocycles. The molecule has 0 N–H and O–H groups in total. The van der Waals surface area contributed by atoms with Crippen LogP contribution in [-0.4, -0.2) is 13.5 Å². The predicted octanol–water partition coefficient (Wildman–Crippen LogP) is 2.39. The largest absolute Gasteiger partial charge is 0.318 e. The molecule has 0 radical (unpaired) electrons. The van der Waals surface area contributed by atoms with Crippen molar-refractivity contribution in [1.29, 1.82) is 5.26 Å². The van der Waals surface area contributed by atoms with E-state index in [-0.39, 0.29) is 0 Å². The molecule has 0 spiro atoms. The minimum absolute atomic E-state index is 0.351. The van der Waals surface area contributed by atoms with Crippen molar-refractivity contribution in [2.24, 2.45) is 5.16 Å². The second kappa shape index (κ2) is 6.41. The standard InChI is InChI=1S/C13H10N2O3S2/c1-9-4-2-3-5-10(9)12(8-14)11-6-7-19-13(11)15-18-20(16)17/h2-7,20H,1H3/b12-11+,15-13-. The highest BCUT2D eigenvalue weighted by atomic mass is 32.2. The van der Waals surface area contributed by atoms with Crippen molar-refractivity contribution in [2.75, 3.05) is 0 Å². The smallest absolute Gasteiger partial charge is 0.269 e. The summed E-state index contributed by atoms with van der Waals surface area (Å²) in [5, 5.41) is 15.0. The molecule has 0 aliphatic carbocycles. The number of aryl methyl sites for hydroxylation is 1. The van der Waals surface area contributed by atoms with Gasteiger partial charge in [-0.1, -0.05) is 41.2 Å². The van der Waals surface area contributed by atoms with E-state index in [2.05, 4.69) is 15.5 Å². The van der Waals surface area contributed by atoms with E-state index in [1.54, 1.807) is 11.5 Å². The highest BCUT2D eigenvalue weighted by molar-refractivity contribution is 8.17. The topological polar surface area (TPSA) is 79.5 Å². The molecule has 0 aromatic heterocycles. The molecule has 1 heterocycles. The van der Waals surface area contributed by atoms with E-state index in [9.17, 15) is 13.7 Å². The van der Waals surface area contributed by atoms with Crippen molar-refractivity contribution in [3.63, 3.8) is 0 Å². The van der Waals surface area contributed by atoms with Gasteiger partial charge in [-0.2, -0.15) is 13.7 Å². The zero-order chi connectivity index (χ0) is 14.5. The molecule has 0 fully saturated rings.